The fourth-order valence-electron chi connectivity index (χ4n) is 1.08. The highest BCUT2D eigenvalue weighted by molar-refractivity contribution is 7.90. The predicted octanol–water partition coefficient (Wildman–Crippen LogP) is 0.800. The monoisotopic (exact) mass is 274 g/mol. The molecule has 0 aliphatic carbocycles. The molecule has 0 aliphatic heterocycles. The van der Waals surface area contributed by atoms with Crippen molar-refractivity contribution in [1.29, 1.82) is 0 Å². The van der Waals surface area contributed by atoms with Gasteiger partial charge in [0.15, 0.2) is 0 Å². The molecule has 0 aliphatic rings. The number of carbonyl (C=O) groups is 1. The second-order valence-corrected chi connectivity index (χ2v) is 4.84. The highest BCUT2D eigenvalue weighted by Crippen LogP contribution is 2.17. The lowest BCUT2D eigenvalue weighted by Gasteiger charge is -2.07. The van der Waals surface area contributed by atoms with Gasteiger partial charge in [0.25, 0.3) is 10.2 Å². The van der Waals surface area contributed by atoms with Crippen LogP contribution in [0.3, 0.4) is 0 Å². The van der Waals surface area contributed by atoms with Gasteiger partial charge < -0.3 is 5.11 Å². The van der Waals surface area contributed by atoms with Crippen molar-refractivity contribution >= 4 is 27.9 Å². The zero-order chi connectivity index (χ0) is 13.8. The van der Waals surface area contributed by atoms with Crippen molar-refractivity contribution in [2.45, 2.75) is 0 Å². The van der Waals surface area contributed by atoms with Crippen molar-refractivity contribution in [3.8, 4) is 0 Å². The Morgan fingerprint density at radius 3 is 2.61 bits per heavy atom. The predicted molar refractivity (Wildman–Crippen MR) is 64.7 cm³/mol. The molecule has 3 N–H and O–H groups in total. The van der Waals surface area contributed by atoms with Crippen LogP contribution in [0.25, 0.3) is 6.08 Å². The molecule has 0 atom stereocenters. The number of carboxylic acid groups (broad SMARTS) is 1. The van der Waals surface area contributed by atoms with E-state index in [-0.39, 0.29) is 5.69 Å². The molecule has 0 saturated heterocycles. The molecule has 8 heteroatoms. The summed E-state index contributed by atoms with van der Waals surface area (Å²) in [6, 6.07) is 3.61. The van der Waals surface area contributed by atoms with Crippen LogP contribution in [0.1, 0.15) is 5.56 Å². The van der Waals surface area contributed by atoms with E-state index in [9.17, 15) is 17.6 Å². The van der Waals surface area contributed by atoms with Gasteiger partial charge in [-0.3, -0.25) is 4.72 Å². The van der Waals surface area contributed by atoms with Gasteiger partial charge in [0.1, 0.15) is 5.82 Å². The third-order valence-corrected chi connectivity index (χ3v) is 2.95. The normalized spacial score (nSPS) is 11.7. The molecule has 0 saturated carbocycles. The van der Waals surface area contributed by atoms with E-state index in [2.05, 4.69) is 0 Å². The lowest BCUT2D eigenvalue weighted by atomic mass is 10.2. The first kappa shape index (κ1) is 14.1. The fraction of sp³-hybridized carbons (Fsp3) is 0.100. The minimum absolute atomic E-state index is 0.225. The number of hydrogen-bond donors (Lipinski definition) is 3. The highest BCUT2D eigenvalue weighted by atomic mass is 32.2. The number of halogens is 1. The van der Waals surface area contributed by atoms with Crippen LogP contribution in [-0.4, -0.2) is 26.5 Å². The fourth-order valence-corrected chi connectivity index (χ4v) is 1.64. The first-order valence-corrected chi connectivity index (χ1v) is 6.24. The summed E-state index contributed by atoms with van der Waals surface area (Å²) < 4.78 is 39.7. The Morgan fingerprint density at radius 1 is 1.44 bits per heavy atom. The molecule has 1 rings (SSSR count). The van der Waals surface area contributed by atoms with Gasteiger partial charge in [-0.25, -0.2) is 13.9 Å². The minimum atomic E-state index is -3.79. The van der Waals surface area contributed by atoms with E-state index in [1.807, 2.05) is 9.44 Å². The van der Waals surface area contributed by atoms with E-state index in [1.165, 1.54) is 25.3 Å². The third-order valence-electron chi connectivity index (χ3n) is 1.92. The van der Waals surface area contributed by atoms with Crippen molar-refractivity contribution in [3.63, 3.8) is 0 Å². The Morgan fingerprint density at radius 2 is 2.11 bits per heavy atom. The molecule has 6 nitrogen and oxygen atoms in total. The van der Waals surface area contributed by atoms with Crippen LogP contribution in [0.15, 0.2) is 24.3 Å². The van der Waals surface area contributed by atoms with E-state index in [0.717, 1.165) is 12.1 Å². The molecular weight excluding hydrogens is 263 g/mol. The maximum atomic E-state index is 13.5. The molecule has 0 heterocycles. The SMILES string of the molecule is CNS(=O)(=O)Nc1ccc(/C=C/C(=O)O)cc1F. The smallest absolute Gasteiger partial charge is 0.328 e. The van der Waals surface area contributed by atoms with Gasteiger partial charge in [-0.2, -0.15) is 8.42 Å². The van der Waals surface area contributed by atoms with Crippen LogP contribution in [0.4, 0.5) is 10.1 Å². The molecule has 98 valence electrons. The number of carboxylic acids is 1. The number of anilines is 1. The van der Waals surface area contributed by atoms with Gasteiger partial charge >= 0.3 is 5.97 Å². The summed E-state index contributed by atoms with van der Waals surface area (Å²) in [5.74, 6) is -1.96. The Labute approximate surface area is 103 Å². The van der Waals surface area contributed by atoms with Gasteiger partial charge in [0.05, 0.1) is 5.69 Å². The number of aliphatic carboxylic acids is 1. The van der Waals surface area contributed by atoms with Gasteiger partial charge in [-0.15, -0.1) is 0 Å². The molecule has 0 amide bonds. The molecule has 0 unspecified atom stereocenters. The van der Waals surface area contributed by atoms with E-state index >= 15 is 0 Å². The molecule has 0 bridgehead atoms. The van der Waals surface area contributed by atoms with Crippen LogP contribution in [-0.2, 0) is 15.0 Å². The lowest BCUT2D eigenvalue weighted by Crippen LogP contribution is -2.26. The zero-order valence-electron chi connectivity index (χ0n) is 9.34. The van der Waals surface area contributed by atoms with Gasteiger partial charge in [-0.1, -0.05) is 6.07 Å². The van der Waals surface area contributed by atoms with E-state index in [1.54, 1.807) is 0 Å². The summed E-state index contributed by atoms with van der Waals surface area (Å²) >= 11 is 0. The number of benzene rings is 1. The molecule has 1 aromatic carbocycles. The molecule has 0 spiro atoms. The maximum absolute atomic E-state index is 13.5. The van der Waals surface area contributed by atoms with Crippen LogP contribution < -0.4 is 9.44 Å². The van der Waals surface area contributed by atoms with Crippen molar-refractivity contribution in [2.24, 2.45) is 0 Å². The number of hydrogen-bond acceptors (Lipinski definition) is 3. The Bertz CT molecular complexity index is 584. The van der Waals surface area contributed by atoms with Gasteiger partial charge in [0, 0.05) is 13.1 Å². The number of nitrogens with one attached hydrogen (secondary N) is 2. The summed E-state index contributed by atoms with van der Waals surface area (Å²) in [4.78, 5) is 10.3. The second kappa shape index (κ2) is 5.61. The highest BCUT2D eigenvalue weighted by Gasteiger charge is 2.10. The Balaban J connectivity index is 2.97. The molecule has 0 fully saturated rings. The van der Waals surface area contributed by atoms with Crippen molar-refractivity contribution < 1.29 is 22.7 Å². The molecular formula is C10H11FN2O4S. The summed E-state index contributed by atoms with van der Waals surface area (Å²) in [6.45, 7) is 0. The van der Waals surface area contributed by atoms with E-state index < -0.39 is 22.0 Å². The average Bonchev–Trinajstić information content (AvgIpc) is 2.29. The zero-order valence-corrected chi connectivity index (χ0v) is 10.2. The molecule has 0 radical (unpaired) electrons. The van der Waals surface area contributed by atoms with Crippen LogP contribution in [0.2, 0.25) is 0 Å². The maximum Gasteiger partial charge on any atom is 0.328 e. The molecule has 1 aromatic rings. The largest absolute Gasteiger partial charge is 0.478 e. The van der Waals surface area contributed by atoms with E-state index in [4.69, 9.17) is 5.11 Å². The van der Waals surface area contributed by atoms with Crippen molar-refractivity contribution in [2.75, 3.05) is 11.8 Å². The third kappa shape index (κ3) is 4.15. The summed E-state index contributed by atoms with van der Waals surface area (Å²) in [5.41, 5.74) is 0.0825. The van der Waals surface area contributed by atoms with Crippen molar-refractivity contribution in [1.82, 2.24) is 4.72 Å². The average molecular weight is 274 g/mol. The van der Waals surface area contributed by atoms with Crippen molar-refractivity contribution in [3.05, 3.63) is 35.7 Å². The topological polar surface area (TPSA) is 95.5 Å². The van der Waals surface area contributed by atoms with Gasteiger partial charge in [-0.05, 0) is 23.8 Å². The molecule has 0 aromatic heterocycles. The minimum Gasteiger partial charge on any atom is -0.478 e. The Kier molecular flexibility index (Phi) is 4.40. The summed E-state index contributed by atoms with van der Waals surface area (Å²) in [5, 5.41) is 8.40. The van der Waals surface area contributed by atoms with E-state index in [0.29, 0.717) is 5.56 Å². The first-order valence-electron chi connectivity index (χ1n) is 4.76. The molecule has 18 heavy (non-hydrogen) atoms. The summed E-state index contributed by atoms with van der Waals surface area (Å²) in [6.07, 6.45) is 2.05. The Hall–Kier alpha value is -1.93. The lowest BCUT2D eigenvalue weighted by molar-refractivity contribution is -0.131. The van der Waals surface area contributed by atoms with Gasteiger partial charge in [0.2, 0.25) is 0 Å². The quantitative estimate of drug-likeness (QED) is 0.692. The summed E-state index contributed by atoms with van der Waals surface area (Å²) in [7, 11) is -2.60. The van der Waals surface area contributed by atoms with Crippen LogP contribution >= 0.6 is 0 Å². The second-order valence-electron chi connectivity index (χ2n) is 3.22. The van der Waals surface area contributed by atoms with Crippen LogP contribution in [0.5, 0.6) is 0 Å². The first-order chi connectivity index (χ1) is 8.34. The van der Waals surface area contributed by atoms with Crippen LogP contribution in [0, 0.1) is 5.82 Å². The standard InChI is InChI=1S/C10H11FN2O4S/c1-12-18(16,17)13-9-4-2-7(6-8(9)11)3-5-10(14)15/h2-6,12-13H,1H3,(H,14,15)/b5-3+. The number of rotatable bonds is 5.